The first-order chi connectivity index (χ1) is 12.8. The lowest BCUT2D eigenvalue weighted by Gasteiger charge is -2.12. The predicted octanol–water partition coefficient (Wildman–Crippen LogP) is 4.20. The summed E-state index contributed by atoms with van der Waals surface area (Å²) in [5.74, 6) is -1.13. The molecule has 1 heterocycles. The highest BCUT2D eigenvalue weighted by Gasteiger charge is 2.36. The van der Waals surface area contributed by atoms with E-state index in [2.05, 4.69) is 0 Å². The molecule has 27 heavy (non-hydrogen) atoms. The third-order valence-corrected chi connectivity index (χ3v) is 4.77. The largest absolute Gasteiger partial charge is 0.504 e. The number of rotatable bonds is 4. The van der Waals surface area contributed by atoms with Gasteiger partial charge in [-0.25, -0.2) is 4.90 Å². The highest BCUT2D eigenvalue weighted by atomic mass is 35.5. The Morgan fingerprint density at radius 1 is 1.30 bits per heavy atom. The van der Waals surface area contributed by atoms with E-state index in [0.29, 0.717) is 22.5 Å². The van der Waals surface area contributed by atoms with Crippen LogP contribution in [0.3, 0.4) is 0 Å². The molecule has 138 valence electrons. The normalized spacial score (nSPS) is 15.5. The Kier molecular flexibility index (Phi) is 5.06. The van der Waals surface area contributed by atoms with Crippen LogP contribution < -0.4 is 9.64 Å². The number of anilines is 1. The minimum atomic E-state index is -0.656. The van der Waals surface area contributed by atoms with Crippen molar-refractivity contribution in [2.24, 2.45) is 0 Å². The summed E-state index contributed by atoms with van der Waals surface area (Å²) in [7, 11) is 1.25. The summed E-state index contributed by atoms with van der Waals surface area (Å²) in [5, 5.41) is 21.1. The number of hydrogen-bond donors (Lipinski definition) is 1. The molecular formula is C17H11ClN2O6S. The zero-order chi connectivity index (χ0) is 19.7. The van der Waals surface area contributed by atoms with Gasteiger partial charge in [0.25, 0.3) is 16.8 Å². The number of phenolic OH excluding ortho intramolecular Hbond substituents is 1. The number of benzene rings is 2. The number of nitro benzene ring substituents is 1. The van der Waals surface area contributed by atoms with Crippen LogP contribution in [0.15, 0.2) is 41.3 Å². The predicted molar refractivity (Wildman–Crippen MR) is 101 cm³/mol. The van der Waals surface area contributed by atoms with Gasteiger partial charge in [0, 0.05) is 16.7 Å². The highest BCUT2D eigenvalue weighted by molar-refractivity contribution is 8.19. The fourth-order valence-corrected chi connectivity index (χ4v) is 3.45. The number of carbonyl (C=O) groups is 2. The summed E-state index contributed by atoms with van der Waals surface area (Å²) in [4.78, 5) is 36.2. The Morgan fingerprint density at radius 2 is 2.04 bits per heavy atom. The number of ether oxygens (including phenoxy) is 1. The average molecular weight is 407 g/mol. The maximum atomic E-state index is 12.6. The van der Waals surface area contributed by atoms with Gasteiger partial charge in [-0.05, 0) is 36.0 Å². The fourth-order valence-electron chi connectivity index (χ4n) is 2.43. The third kappa shape index (κ3) is 3.60. The third-order valence-electron chi connectivity index (χ3n) is 3.67. The van der Waals surface area contributed by atoms with Crippen molar-refractivity contribution in [1.29, 1.82) is 0 Å². The van der Waals surface area contributed by atoms with Gasteiger partial charge < -0.3 is 9.84 Å². The molecule has 0 saturated carbocycles. The summed E-state index contributed by atoms with van der Waals surface area (Å²) < 4.78 is 4.93. The number of imide groups is 1. The molecule has 1 aliphatic rings. The van der Waals surface area contributed by atoms with Crippen LogP contribution in [0.25, 0.3) is 6.08 Å². The number of nitro groups is 1. The second-order valence-electron chi connectivity index (χ2n) is 5.34. The molecule has 2 aromatic rings. The van der Waals surface area contributed by atoms with E-state index in [-0.39, 0.29) is 27.7 Å². The molecular weight excluding hydrogens is 396 g/mol. The van der Waals surface area contributed by atoms with E-state index in [9.17, 15) is 24.8 Å². The van der Waals surface area contributed by atoms with Crippen LogP contribution in [0.2, 0.25) is 5.02 Å². The van der Waals surface area contributed by atoms with Crippen LogP contribution in [0, 0.1) is 10.1 Å². The molecule has 0 atom stereocenters. The number of hydrogen-bond acceptors (Lipinski definition) is 7. The summed E-state index contributed by atoms with van der Waals surface area (Å²) in [5.41, 5.74) is -0.0446. The Bertz CT molecular complexity index is 1010. The quantitative estimate of drug-likeness (QED) is 0.460. The highest BCUT2D eigenvalue weighted by Crippen LogP contribution is 2.40. The van der Waals surface area contributed by atoms with Crippen LogP contribution >= 0.6 is 23.4 Å². The lowest BCUT2D eigenvalue weighted by Crippen LogP contribution is -2.27. The first kappa shape index (κ1) is 18.7. The number of methoxy groups -OCH3 is 1. The van der Waals surface area contributed by atoms with Crippen molar-refractivity contribution in [1.82, 2.24) is 0 Å². The van der Waals surface area contributed by atoms with Crippen LogP contribution in [-0.2, 0) is 4.79 Å². The molecule has 2 amide bonds. The van der Waals surface area contributed by atoms with Gasteiger partial charge in [0.2, 0.25) is 0 Å². The topological polar surface area (TPSA) is 110 Å². The Morgan fingerprint density at radius 3 is 2.67 bits per heavy atom. The molecule has 8 nitrogen and oxygen atoms in total. The average Bonchev–Trinajstić information content (AvgIpc) is 2.90. The van der Waals surface area contributed by atoms with Gasteiger partial charge in [0.1, 0.15) is 0 Å². The van der Waals surface area contributed by atoms with Crippen LogP contribution in [-0.4, -0.2) is 28.3 Å². The van der Waals surface area contributed by atoms with E-state index in [1.54, 1.807) is 18.2 Å². The van der Waals surface area contributed by atoms with E-state index in [1.807, 2.05) is 0 Å². The molecule has 0 radical (unpaired) electrons. The summed E-state index contributed by atoms with van der Waals surface area (Å²) in [6, 6.07) is 8.37. The van der Waals surface area contributed by atoms with Gasteiger partial charge in [-0.15, -0.1) is 0 Å². The fraction of sp³-hybridized carbons (Fsp3) is 0.0588. The van der Waals surface area contributed by atoms with Crippen molar-refractivity contribution >= 4 is 52.0 Å². The number of amides is 2. The molecule has 0 spiro atoms. The number of halogens is 1. The minimum Gasteiger partial charge on any atom is -0.504 e. The molecule has 1 fully saturated rings. The van der Waals surface area contributed by atoms with E-state index in [0.717, 1.165) is 17.0 Å². The number of nitrogens with zero attached hydrogens (tertiary/aromatic N) is 2. The van der Waals surface area contributed by atoms with E-state index >= 15 is 0 Å². The number of aromatic hydroxyl groups is 1. The molecule has 3 rings (SSSR count). The molecule has 1 N–H and O–H groups in total. The van der Waals surface area contributed by atoms with Gasteiger partial charge >= 0.3 is 0 Å². The molecule has 0 bridgehead atoms. The number of carbonyl (C=O) groups excluding carboxylic acids is 2. The van der Waals surface area contributed by atoms with Gasteiger partial charge in [0.15, 0.2) is 11.5 Å². The summed E-state index contributed by atoms with van der Waals surface area (Å²) in [6.45, 7) is 0. The number of thioether (sulfide) groups is 1. The van der Waals surface area contributed by atoms with Crippen molar-refractivity contribution in [2.45, 2.75) is 0 Å². The zero-order valence-electron chi connectivity index (χ0n) is 13.7. The van der Waals surface area contributed by atoms with Crippen LogP contribution in [0.4, 0.5) is 16.2 Å². The molecule has 10 heteroatoms. The molecule has 0 aliphatic carbocycles. The van der Waals surface area contributed by atoms with Crippen molar-refractivity contribution in [2.75, 3.05) is 12.0 Å². The second-order valence-corrected chi connectivity index (χ2v) is 6.77. The van der Waals surface area contributed by atoms with Crippen molar-refractivity contribution < 1.29 is 24.4 Å². The number of non-ortho nitro benzene ring substituents is 1. The second kappa shape index (κ2) is 7.29. The first-order valence-corrected chi connectivity index (χ1v) is 8.60. The van der Waals surface area contributed by atoms with E-state index < -0.39 is 16.1 Å². The Balaban J connectivity index is 2.04. The SMILES string of the molecule is COc1cc([N+](=O)[O-])cc(/C=C2/SC(=O)N(c3cccc(Cl)c3)C2=O)c1O. The van der Waals surface area contributed by atoms with Crippen molar-refractivity contribution in [3.05, 3.63) is 62.0 Å². The molecule has 0 aromatic heterocycles. The first-order valence-electron chi connectivity index (χ1n) is 7.40. The van der Waals surface area contributed by atoms with E-state index in [4.69, 9.17) is 16.3 Å². The number of phenols is 1. The zero-order valence-corrected chi connectivity index (χ0v) is 15.3. The van der Waals surface area contributed by atoms with Crippen LogP contribution in [0.5, 0.6) is 11.5 Å². The lowest BCUT2D eigenvalue weighted by atomic mass is 10.1. The van der Waals surface area contributed by atoms with Gasteiger partial charge in [-0.2, -0.15) is 0 Å². The molecule has 2 aromatic carbocycles. The van der Waals surface area contributed by atoms with Crippen LogP contribution in [0.1, 0.15) is 5.56 Å². The van der Waals surface area contributed by atoms with Gasteiger partial charge in [-0.3, -0.25) is 19.7 Å². The Hall–Kier alpha value is -3.04. The van der Waals surface area contributed by atoms with E-state index in [1.165, 1.54) is 19.3 Å². The maximum absolute atomic E-state index is 12.6. The monoisotopic (exact) mass is 406 g/mol. The lowest BCUT2D eigenvalue weighted by molar-refractivity contribution is -0.385. The van der Waals surface area contributed by atoms with Gasteiger partial charge in [-0.1, -0.05) is 17.7 Å². The van der Waals surface area contributed by atoms with Crippen molar-refractivity contribution in [3.8, 4) is 11.5 Å². The summed E-state index contributed by atoms with van der Waals surface area (Å²) in [6.07, 6.45) is 1.21. The van der Waals surface area contributed by atoms with Crippen molar-refractivity contribution in [3.63, 3.8) is 0 Å². The summed E-state index contributed by atoms with van der Waals surface area (Å²) >= 11 is 6.55. The minimum absolute atomic E-state index is 0.00201. The standard InChI is InChI=1S/C17H11ClN2O6S/c1-26-13-8-12(20(24)25)5-9(15(13)21)6-14-16(22)19(17(23)27-14)11-4-2-3-10(18)7-11/h2-8,21H,1H3/b14-6+. The molecule has 1 aliphatic heterocycles. The maximum Gasteiger partial charge on any atom is 0.298 e. The molecule has 1 saturated heterocycles. The van der Waals surface area contributed by atoms with Gasteiger partial charge in [0.05, 0.1) is 28.7 Å². The Labute approximate surface area is 162 Å². The molecule has 0 unspecified atom stereocenters. The smallest absolute Gasteiger partial charge is 0.298 e.